The van der Waals surface area contributed by atoms with Gasteiger partial charge in [-0.25, -0.2) is 0 Å². The third kappa shape index (κ3) is 3.65. The molecule has 1 heterocycles. The van der Waals surface area contributed by atoms with Gasteiger partial charge in [0.2, 0.25) is 0 Å². The van der Waals surface area contributed by atoms with Gasteiger partial charge in [0.15, 0.2) is 0 Å². The summed E-state index contributed by atoms with van der Waals surface area (Å²) in [5, 5.41) is 8.10. The lowest BCUT2D eigenvalue weighted by Gasteiger charge is -2.19. The van der Waals surface area contributed by atoms with E-state index in [9.17, 15) is 0 Å². The highest BCUT2D eigenvalue weighted by atomic mass is 16.3. The van der Waals surface area contributed by atoms with Gasteiger partial charge in [0.05, 0.1) is 6.85 Å². The van der Waals surface area contributed by atoms with Crippen LogP contribution >= 0.6 is 0 Å². The highest BCUT2D eigenvalue weighted by Gasteiger charge is 2.20. The van der Waals surface area contributed by atoms with Crippen molar-refractivity contribution < 1.29 is 11.3 Å². The Balaban J connectivity index is 1.41. The highest BCUT2D eigenvalue weighted by Crippen LogP contribution is 2.47. The molecule has 0 aliphatic rings. The van der Waals surface area contributed by atoms with Gasteiger partial charge in [-0.2, -0.15) is 0 Å². The first-order valence-corrected chi connectivity index (χ1v) is 14.4. The molecule has 0 aliphatic heterocycles. The molecule has 200 valence electrons. The van der Waals surface area contributed by atoms with Crippen molar-refractivity contribution in [3.05, 3.63) is 158 Å². The molecule has 0 unspecified atom stereocenters. The Morgan fingerprint density at radius 2 is 1.00 bits per heavy atom. The summed E-state index contributed by atoms with van der Waals surface area (Å²) in [5.41, 5.74) is 6.50. The molecule has 8 aromatic carbocycles. The Morgan fingerprint density at radius 1 is 0.419 bits per heavy atom. The van der Waals surface area contributed by atoms with Gasteiger partial charge in [-0.15, -0.1) is 0 Å². The quantitative estimate of drug-likeness (QED) is 0.199. The fourth-order valence-electron chi connectivity index (χ4n) is 6.72. The number of fused-ring (bicyclic) bond motifs is 6. The number of hydrogen-bond donors (Lipinski definition) is 0. The largest absolute Gasteiger partial charge is 0.455 e. The average Bonchev–Trinajstić information content (AvgIpc) is 3.51. The molecule has 0 saturated carbocycles. The maximum Gasteiger partial charge on any atom is 0.143 e. The van der Waals surface area contributed by atoms with Gasteiger partial charge < -0.3 is 4.42 Å². The van der Waals surface area contributed by atoms with Crippen molar-refractivity contribution in [1.82, 2.24) is 0 Å². The smallest absolute Gasteiger partial charge is 0.143 e. The maximum atomic E-state index is 8.83. The minimum atomic E-state index is -0.402. The van der Waals surface area contributed by atoms with Gasteiger partial charge in [0.25, 0.3) is 0 Å². The van der Waals surface area contributed by atoms with Crippen molar-refractivity contribution in [2.24, 2.45) is 0 Å². The van der Waals surface area contributed by atoms with Crippen LogP contribution in [0.4, 0.5) is 0 Å². The lowest BCUT2D eigenvalue weighted by Crippen LogP contribution is -1.92. The van der Waals surface area contributed by atoms with Gasteiger partial charge in [0, 0.05) is 21.9 Å². The molecular formula is C42H26O. The zero-order valence-corrected chi connectivity index (χ0v) is 23.0. The van der Waals surface area contributed by atoms with Gasteiger partial charge in [-0.05, 0) is 72.8 Å². The number of rotatable bonds is 3. The normalized spacial score (nSPS) is 13.3. The molecule has 0 bridgehead atoms. The predicted octanol–water partition coefficient (Wildman–Crippen LogP) is 12.0. The zero-order chi connectivity index (χ0) is 32.7. The van der Waals surface area contributed by atoms with Gasteiger partial charge in [0.1, 0.15) is 11.2 Å². The van der Waals surface area contributed by atoms with Gasteiger partial charge in [-0.1, -0.05) is 139 Å². The van der Waals surface area contributed by atoms with Crippen LogP contribution in [0.3, 0.4) is 0 Å². The summed E-state index contributed by atoms with van der Waals surface area (Å²) in [6.45, 7) is 0. The maximum absolute atomic E-state index is 8.83. The topological polar surface area (TPSA) is 13.1 Å². The highest BCUT2D eigenvalue weighted by molar-refractivity contribution is 6.24. The number of para-hydroxylation sites is 2. The second-order valence-electron chi connectivity index (χ2n) is 10.9. The molecule has 0 atom stereocenters. The molecule has 0 fully saturated rings. The van der Waals surface area contributed by atoms with E-state index in [0.717, 1.165) is 76.5 Å². The zero-order valence-electron chi connectivity index (χ0n) is 28.0. The minimum Gasteiger partial charge on any atom is -0.455 e. The molecule has 1 aromatic heterocycles. The summed E-state index contributed by atoms with van der Waals surface area (Å²) in [6, 6.07) is 41.7. The first-order valence-electron chi connectivity index (χ1n) is 16.9. The summed E-state index contributed by atoms with van der Waals surface area (Å²) >= 11 is 0. The Bertz CT molecular complexity index is 2710. The van der Waals surface area contributed by atoms with E-state index in [1.165, 1.54) is 0 Å². The summed E-state index contributed by atoms with van der Waals surface area (Å²) in [5.74, 6) is 0. The minimum absolute atomic E-state index is 0.195. The Labute approximate surface area is 256 Å². The SMILES string of the molecule is [2H]c1c([2H])c([2H])c(-c2cc(-c3c4ccccc4c(-c4cccc5c4oc4ccccc45)c4ccccc34)cc3ccccc23)c([2H])c1[2H]. The molecule has 0 aliphatic carbocycles. The van der Waals surface area contributed by atoms with Crippen LogP contribution in [0.15, 0.2) is 162 Å². The molecule has 1 heteroatoms. The average molecular weight is 552 g/mol. The lowest BCUT2D eigenvalue weighted by molar-refractivity contribution is 0.670. The van der Waals surface area contributed by atoms with E-state index in [0.29, 0.717) is 5.56 Å². The summed E-state index contributed by atoms with van der Waals surface area (Å²) in [7, 11) is 0. The van der Waals surface area contributed by atoms with Crippen LogP contribution < -0.4 is 0 Å². The van der Waals surface area contributed by atoms with Gasteiger partial charge >= 0.3 is 0 Å². The molecule has 0 saturated heterocycles. The third-order valence-electron chi connectivity index (χ3n) is 8.52. The van der Waals surface area contributed by atoms with Crippen molar-refractivity contribution in [3.8, 4) is 33.4 Å². The molecule has 9 aromatic rings. The van der Waals surface area contributed by atoms with Crippen LogP contribution in [-0.2, 0) is 0 Å². The van der Waals surface area contributed by atoms with Crippen molar-refractivity contribution >= 4 is 54.3 Å². The second kappa shape index (κ2) is 9.44. The van der Waals surface area contributed by atoms with E-state index in [1.807, 2.05) is 60.7 Å². The molecule has 43 heavy (non-hydrogen) atoms. The molecule has 0 radical (unpaired) electrons. The van der Waals surface area contributed by atoms with E-state index in [2.05, 4.69) is 66.7 Å². The van der Waals surface area contributed by atoms with Crippen LogP contribution in [0, 0.1) is 0 Å². The van der Waals surface area contributed by atoms with E-state index in [-0.39, 0.29) is 29.7 Å². The lowest BCUT2D eigenvalue weighted by atomic mass is 9.84. The number of furan rings is 1. The number of benzene rings is 8. The fourth-order valence-corrected chi connectivity index (χ4v) is 6.72. The van der Waals surface area contributed by atoms with Crippen molar-refractivity contribution in [1.29, 1.82) is 0 Å². The van der Waals surface area contributed by atoms with Gasteiger partial charge in [-0.3, -0.25) is 0 Å². The molecule has 0 spiro atoms. The Hall–Kier alpha value is -5.66. The van der Waals surface area contributed by atoms with Crippen LogP contribution in [-0.4, -0.2) is 0 Å². The Morgan fingerprint density at radius 3 is 1.72 bits per heavy atom. The van der Waals surface area contributed by atoms with Crippen molar-refractivity contribution in [3.63, 3.8) is 0 Å². The summed E-state index contributed by atoms with van der Waals surface area (Å²) in [4.78, 5) is 0. The molecule has 0 N–H and O–H groups in total. The van der Waals surface area contributed by atoms with Crippen LogP contribution in [0.1, 0.15) is 6.85 Å². The van der Waals surface area contributed by atoms with Crippen molar-refractivity contribution in [2.75, 3.05) is 0 Å². The van der Waals surface area contributed by atoms with E-state index >= 15 is 0 Å². The van der Waals surface area contributed by atoms with E-state index < -0.39 is 6.04 Å². The second-order valence-corrected chi connectivity index (χ2v) is 10.9. The standard InChI is InChI=1S/C42H26O/c1-2-13-27(14-3-1)38-26-29(25-28-15-4-5-16-30(28)38)40-32-18-6-8-20-34(32)41(35-21-9-7-19-33(35)40)37-23-12-22-36-31-17-10-11-24-39(31)43-42(36)37/h1-26H/i1D,2D,3D,13D,14D. The molecule has 0 amide bonds. The first-order chi connectivity index (χ1) is 23.4. The summed E-state index contributed by atoms with van der Waals surface area (Å²) < 4.78 is 49.2. The van der Waals surface area contributed by atoms with Crippen LogP contribution in [0.2, 0.25) is 0 Å². The van der Waals surface area contributed by atoms with Crippen LogP contribution in [0.5, 0.6) is 0 Å². The summed E-state index contributed by atoms with van der Waals surface area (Å²) in [6.07, 6.45) is 0. The van der Waals surface area contributed by atoms with E-state index in [1.54, 1.807) is 0 Å². The monoisotopic (exact) mass is 551 g/mol. The third-order valence-corrected chi connectivity index (χ3v) is 8.52. The predicted molar refractivity (Wildman–Crippen MR) is 183 cm³/mol. The molecular weight excluding hydrogens is 520 g/mol. The first kappa shape index (κ1) is 19.5. The van der Waals surface area contributed by atoms with Crippen molar-refractivity contribution in [2.45, 2.75) is 0 Å². The Kier molecular flexibility index (Phi) is 4.27. The molecule has 1 nitrogen and oxygen atoms in total. The van der Waals surface area contributed by atoms with Crippen LogP contribution in [0.25, 0.3) is 87.6 Å². The number of hydrogen-bond acceptors (Lipinski definition) is 1. The van der Waals surface area contributed by atoms with E-state index in [4.69, 9.17) is 11.3 Å². The fraction of sp³-hybridized carbons (Fsp3) is 0. The molecule has 9 rings (SSSR count).